The Labute approximate surface area is 174 Å². The van der Waals surface area contributed by atoms with Crippen LogP contribution in [0.1, 0.15) is 46.2 Å². The maximum Gasteiger partial charge on any atom is 0.257 e. The minimum atomic E-state index is 0.0355. The number of pyridine rings is 1. The van der Waals surface area contributed by atoms with Gasteiger partial charge in [0.1, 0.15) is 5.82 Å². The summed E-state index contributed by atoms with van der Waals surface area (Å²) >= 11 is 0. The zero-order valence-electron chi connectivity index (χ0n) is 17.2. The third-order valence-corrected chi connectivity index (χ3v) is 5.93. The number of rotatable bonds is 3. The molecule has 7 heteroatoms. The first-order chi connectivity index (χ1) is 14.6. The van der Waals surface area contributed by atoms with Gasteiger partial charge in [0.15, 0.2) is 5.82 Å². The van der Waals surface area contributed by atoms with Gasteiger partial charge in [0.25, 0.3) is 5.91 Å². The molecule has 1 aliphatic heterocycles. The summed E-state index contributed by atoms with van der Waals surface area (Å²) in [5, 5.41) is 4.39. The SMILES string of the molecule is Cc1ccc2nc(C3CCN(C(=O)c4cnn(-c5ccccn5)c4C)CC3)[nH]c2c1. The lowest BCUT2D eigenvalue weighted by atomic mass is 9.95. The van der Waals surface area contributed by atoms with Gasteiger partial charge < -0.3 is 9.88 Å². The van der Waals surface area contributed by atoms with Crippen molar-refractivity contribution in [3.63, 3.8) is 0 Å². The second kappa shape index (κ2) is 7.40. The fourth-order valence-corrected chi connectivity index (χ4v) is 4.19. The number of hydrogen-bond acceptors (Lipinski definition) is 4. The highest BCUT2D eigenvalue weighted by Crippen LogP contribution is 2.29. The lowest BCUT2D eigenvalue weighted by Crippen LogP contribution is -2.38. The van der Waals surface area contributed by atoms with Gasteiger partial charge in [0.2, 0.25) is 0 Å². The maximum absolute atomic E-state index is 13.1. The Hall–Kier alpha value is -3.48. The van der Waals surface area contributed by atoms with Gasteiger partial charge in [-0.3, -0.25) is 4.79 Å². The summed E-state index contributed by atoms with van der Waals surface area (Å²) in [4.78, 5) is 27.6. The van der Waals surface area contributed by atoms with Gasteiger partial charge in [-0.25, -0.2) is 14.6 Å². The third kappa shape index (κ3) is 3.26. The van der Waals surface area contributed by atoms with E-state index in [1.54, 1.807) is 17.1 Å². The van der Waals surface area contributed by atoms with Crippen LogP contribution in [0.25, 0.3) is 16.9 Å². The van der Waals surface area contributed by atoms with Crippen LogP contribution in [0.4, 0.5) is 0 Å². The summed E-state index contributed by atoms with van der Waals surface area (Å²) in [6, 6.07) is 11.9. The van der Waals surface area contributed by atoms with E-state index in [1.165, 1.54) is 5.56 Å². The van der Waals surface area contributed by atoms with Crippen molar-refractivity contribution in [1.82, 2.24) is 29.6 Å². The Morgan fingerprint density at radius 1 is 1.13 bits per heavy atom. The van der Waals surface area contributed by atoms with Crippen LogP contribution in [-0.4, -0.2) is 48.6 Å². The van der Waals surface area contributed by atoms with Crippen molar-refractivity contribution in [2.45, 2.75) is 32.6 Å². The van der Waals surface area contributed by atoms with Crippen LogP contribution in [0.2, 0.25) is 0 Å². The molecule has 0 aliphatic carbocycles. The number of H-pyrrole nitrogens is 1. The van der Waals surface area contributed by atoms with Gasteiger partial charge in [-0.1, -0.05) is 12.1 Å². The normalized spacial score (nSPS) is 15.1. The zero-order chi connectivity index (χ0) is 20.7. The van der Waals surface area contributed by atoms with Gasteiger partial charge in [-0.15, -0.1) is 0 Å². The molecule has 0 radical (unpaired) electrons. The number of likely N-dealkylation sites (tertiary alicyclic amines) is 1. The highest BCUT2D eigenvalue weighted by molar-refractivity contribution is 5.95. The number of fused-ring (bicyclic) bond motifs is 1. The Morgan fingerprint density at radius 3 is 2.73 bits per heavy atom. The van der Waals surface area contributed by atoms with Crippen LogP contribution in [0.15, 0.2) is 48.8 Å². The quantitative estimate of drug-likeness (QED) is 0.568. The van der Waals surface area contributed by atoms with Crippen LogP contribution in [0.3, 0.4) is 0 Å². The minimum absolute atomic E-state index is 0.0355. The minimum Gasteiger partial charge on any atom is -0.342 e. The van der Waals surface area contributed by atoms with Crippen LogP contribution in [-0.2, 0) is 0 Å². The fourth-order valence-electron chi connectivity index (χ4n) is 4.19. The smallest absolute Gasteiger partial charge is 0.257 e. The molecular formula is C23H24N6O. The first-order valence-electron chi connectivity index (χ1n) is 10.3. The molecule has 5 rings (SSSR count). The number of imidazole rings is 1. The number of piperidine rings is 1. The molecular weight excluding hydrogens is 376 g/mol. The first kappa shape index (κ1) is 18.5. The molecule has 0 bridgehead atoms. The van der Waals surface area contributed by atoms with Crippen molar-refractivity contribution < 1.29 is 4.79 Å². The van der Waals surface area contributed by atoms with Crippen molar-refractivity contribution in [3.8, 4) is 5.82 Å². The molecule has 4 heterocycles. The molecule has 0 spiro atoms. The maximum atomic E-state index is 13.1. The number of amides is 1. The molecule has 3 aromatic heterocycles. The van der Waals surface area contributed by atoms with Crippen LogP contribution in [0.5, 0.6) is 0 Å². The molecule has 0 saturated carbocycles. The molecule has 0 unspecified atom stereocenters. The topological polar surface area (TPSA) is 79.7 Å². The van der Waals surface area contributed by atoms with E-state index < -0.39 is 0 Å². The highest BCUT2D eigenvalue weighted by Gasteiger charge is 2.28. The molecule has 7 nitrogen and oxygen atoms in total. The monoisotopic (exact) mass is 400 g/mol. The average molecular weight is 400 g/mol. The number of aryl methyl sites for hydroxylation is 1. The molecule has 30 heavy (non-hydrogen) atoms. The first-order valence-corrected chi connectivity index (χ1v) is 10.3. The van der Waals surface area contributed by atoms with Crippen LogP contribution < -0.4 is 0 Å². The van der Waals surface area contributed by atoms with Crippen LogP contribution >= 0.6 is 0 Å². The van der Waals surface area contributed by atoms with E-state index in [0.717, 1.165) is 35.4 Å². The number of aromatic amines is 1. The van der Waals surface area contributed by atoms with Crippen molar-refractivity contribution in [3.05, 3.63) is 71.4 Å². The summed E-state index contributed by atoms with van der Waals surface area (Å²) < 4.78 is 1.72. The number of nitrogens with zero attached hydrogens (tertiary/aromatic N) is 5. The number of hydrogen-bond donors (Lipinski definition) is 1. The molecule has 0 atom stereocenters. The summed E-state index contributed by atoms with van der Waals surface area (Å²) in [5.74, 6) is 2.13. The Kier molecular flexibility index (Phi) is 4.58. The van der Waals surface area contributed by atoms with E-state index in [2.05, 4.69) is 40.2 Å². The summed E-state index contributed by atoms with van der Waals surface area (Å²) in [6.45, 7) is 5.43. The Balaban J connectivity index is 1.29. The Morgan fingerprint density at radius 2 is 1.97 bits per heavy atom. The molecule has 152 valence electrons. The molecule has 1 aliphatic rings. The van der Waals surface area contributed by atoms with E-state index in [4.69, 9.17) is 4.98 Å². The predicted molar refractivity (Wildman–Crippen MR) is 115 cm³/mol. The predicted octanol–water partition coefficient (Wildman–Crippen LogP) is 3.78. The zero-order valence-corrected chi connectivity index (χ0v) is 17.2. The number of benzene rings is 1. The summed E-state index contributed by atoms with van der Waals surface area (Å²) in [7, 11) is 0. The Bertz CT molecular complexity index is 1200. The number of aromatic nitrogens is 5. The largest absolute Gasteiger partial charge is 0.342 e. The van der Waals surface area contributed by atoms with Gasteiger partial charge in [-0.2, -0.15) is 5.10 Å². The van der Waals surface area contributed by atoms with Crippen molar-refractivity contribution in [2.24, 2.45) is 0 Å². The molecule has 1 saturated heterocycles. The lowest BCUT2D eigenvalue weighted by Gasteiger charge is -2.31. The van der Waals surface area contributed by atoms with E-state index in [-0.39, 0.29) is 5.91 Å². The molecule has 1 fully saturated rings. The van der Waals surface area contributed by atoms with Crippen LogP contribution in [0, 0.1) is 13.8 Å². The number of nitrogens with one attached hydrogen (secondary N) is 1. The molecule has 1 amide bonds. The van der Waals surface area contributed by atoms with Gasteiger partial charge >= 0.3 is 0 Å². The lowest BCUT2D eigenvalue weighted by molar-refractivity contribution is 0.0710. The summed E-state index contributed by atoms with van der Waals surface area (Å²) in [5.41, 5.74) is 4.76. The van der Waals surface area contributed by atoms with Gasteiger partial charge in [0, 0.05) is 25.2 Å². The standard InChI is InChI=1S/C23H24N6O/c1-15-6-7-19-20(13-15)27-22(26-19)17-8-11-28(12-9-17)23(30)18-14-25-29(16(18)2)21-5-3-4-10-24-21/h3-7,10,13-14,17H,8-9,11-12H2,1-2H3,(H,26,27). The number of carbonyl (C=O) groups excluding carboxylic acids is 1. The average Bonchev–Trinajstić information content (AvgIpc) is 3.37. The fraction of sp³-hybridized carbons (Fsp3) is 0.304. The molecule has 1 aromatic carbocycles. The summed E-state index contributed by atoms with van der Waals surface area (Å²) in [6.07, 6.45) is 5.18. The van der Waals surface area contributed by atoms with E-state index in [9.17, 15) is 4.79 Å². The van der Waals surface area contributed by atoms with E-state index in [1.807, 2.05) is 30.0 Å². The van der Waals surface area contributed by atoms with Crippen molar-refractivity contribution in [2.75, 3.05) is 13.1 Å². The second-order valence-electron chi connectivity index (χ2n) is 7.95. The van der Waals surface area contributed by atoms with Gasteiger partial charge in [-0.05, 0) is 56.5 Å². The third-order valence-electron chi connectivity index (χ3n) is 5.93. The molecule has 1 N–H and O–H groups in total. The van der Waals surface area contributed by atoms with E-state index >= 15 is 0 Å². The van der Waals surface area contributed by atoms with Crippen molar-refractivity contribution in [1.29, 1.82) is 0 Å². The molecule has 4 aromatic rings. The van der Waals surface area contributed by atoms with Crippen molar-refractivity contribution >= 4 is 16.9 Å². The number of carbonyl (C=O) groups is 1. The highest BCUT2D eigenvalue weighted by atomic mass is 16.2. The second-order valence-corrected chi connectivity index (χ2v) is 7.95. The van der Waals surface area contributed by atoms with E-state index in [0.29, 0.717) is 30.4 Å². The van der Waals surface area contributed by atoms with Gasteiger partial charge in [0.05, 0.1) is 28.5 Å².